The van der Waals surface area contributed by atoms with E-state index in [0.717, 1.165) is 5.56 Å². The lowest BCUT2D eigenvalue weighted by Crippen LogP contribution is -2.34. The third-order valence-corrected chi connectivity index (χ3v) is 5.99. The number of furan rings is 1. The molecular formula is C25H28O8. The molecule has 0 fully saturated rings. The summed E-state index contributed by atoms with van der Waals surface area (Å²) in [6.45, 7) is 3.58. The van der Waals surface area contributed by atoms with Crippen LogP contribution in [0.2, 0.25) is 0 Å². The molecule has 0 saturated heterocycles. The smallest absolute Gasteiger partial charge is 0.197 e. The van der Waals surface area contributed by atoms with E-state index in [1.807, 2.05) is 19.9 Å². The highest BCUT2D eigenvalue weighted by atomic mass is 16.5. The number of carbonyl (C=O) groups is 1. The van der Waals surface area contributed by atoms with Gasteiger partial charge in [0.2, 0.25) is 0 Å². The van der Waals surface area contributed by atoms with Gasteiger partial charge in [0, 0.05) is 35.5 Å². The van der Waals surface area contributed by atoms with Crippen LogP contribution in [-0.4, -0.2) is 64.8 Å². The molecule has 1 aliphatic carbocycles. The van der Waals surface area contributed by atoms with E-state index in [2.05, 4.69) is 0 Å². The van der Waals surface area contributed by atoms with Gasteiger partial charge in [-0.3, -0.25) is 4.79 Å². The Kier molecular flexibility index (Phi) is 6.45. The molecular weight excluding hydrogens is 428 g/mol. The van der Waals surface area contributed by atoms with Crippen molar-refractivity contribution in [1.82, 2.24) is 0 Å². The van der Waals surface area contributed by atoms with Gasteiger partial charge >= 0.3 is 0 Å². The second-order valence-corrected chi connectivity index (χ2v) is 8.68. The Morgan fingerprint density at radius 2 is 1.73 bits per heavy atom. The molecule has 176 valence electrons. The molecule has 0 bridgehead atoms. The summed E-state index contributed by atoms with van der Waals surface area (Å²) in [5, 5.41) is 38.0. The van der Waals surface area contributed by atoms with E-state index >= 15 is 0 Å². The monoisotopic (exact) mass is 456 g/mol. The minimum atomic E-state index is -1.30. The van der Waals surface area contributed by atoms with Gasteiger partial charge in [0.15, 0.2) is 5.78 Å². The van der Waals surface area contributed by atoms with Gasteiger partial charge in [0.25, 0.3) is 0 Å². The average molecular weight is 456 g/mol. The highest BCUT2D eigenvalue weighted by Crippen LogP contribution is 2.46. The first-order valence-corrected chi connectivity index (χ1v) is 10.9. The maximum atomic E-state index is 13.4. The molecule has 8 heteroatoms. The zero-order valence-electron chi connectivity index (χ0n) is 18.6. The van der Waals surface area contributed by atoms with Crippen molar-refractivity contribution in [3.8, 4) is 11.5 Å². The number of rotatable bonds is 9. The fourth-order valence-corrected chi connectivity index (χ4v) is 4.09. The summed E-state index contributed by atoms with van der Waals surface area (Å²) < 4.78 is 17.4. The Morgan fingerprint density at radius 3 is 2.45 bits per heavy atom. The van der Waals surface area contributed by atoms with E-state index in [0.29, 0.717) is 52.4 Å². The van der Waals surface area contributed by atoms with Crippen LogP contribution in [0.4, 0.5) is 0 Å². The minimum absolute atomic E-state index is 0.0465. The van der Waals surface area contributed by atoms with Crippen molar-refractivity contribution in [2.75, 3.05) is 26.4 Å². The Bertz CT molecular complexity index is 1160. The SMILES string of the molecule is CC1(C)c2cc(OC[C@@H](O)[C@H](O)CO)ccc2C(=O)c2c1oc1cc(OCCCO)ccc21. The van der Waals surface area contributed by atoms with Crippen LogP contribution in [0.25, 0.3) is 11.0 Å². The summed E-state index contributed by atoms with van der Waals surface area (Å²) in [5.41, 5.74) is 1.71. The molecule has 0 spiro atoms. The van der Waals surface area contributed by atoms with Crippen molar-refractivity contribution in [2.45, 2.75) is 37.9 Å². The molecule has 0 saturated carbocycles. The Hall–Kier alpha value is -2.91. The number of aliphatic hydroxyl groups excluding tert-OH is 4. The summed E-state index contributed by atoms with van der Waals surface area (Å²) in [7, 11) is 0. The highest BCUT2D eigenvalue weighted by molar-refractivity contribution is 6.19. The molecule has 0 radical (unpaired) electrons. The first-order chi connectivity index (χ1) is 15.8. The molecule has 8 nitrogen and oxygen atoms in total. The van der Waals surface area contributed by atoms with Gasteiger partial charge in [-0.05, 0) is 49.7 Å². The van der Waals surface area contributed by atoms with Gasteiger partial charge in [0.1, 0.15) is 41.7 Å². The molecule has 3 aromatic rings. The normalized spacial score (nSPS) is 16.2. The van der Waals surface area contributed by atoms with Crippen LogP contribution in [0.3, 0.4) is 0 Å². The lowest BCUT2D eigenvalue weighted by atomic mass is 9.71. The van der Waals surface area contributed by atoms with E-state index in [1.54, 1.807) is 30.3 Å². The van der Waals surface area contributed by atoms with Crippen molar-refractivity contribution in [3.63, 3.8) is 0 Å². The standard InChI is InChI=1S/C25H28O8/c1-25(2)18-10-14(32-13-20(29)19(28)12-27)4-6-16(18)23(30)22-17-7-5-15(31-9-3-8-26)11-21(17)33-24(22)25/h4-7,10-11,19-20,26-29H,3,8-9,12-13H2,1-2H3/t19-,20-/m1/s1. The molecule has 33 heavy (non-hydrogen) atoms. The predicted octanol–water partition coefficient (Wildman–Crippen LogP) is 2.16. The average Bonchev–Trinajstić information content (AvgIpc) is 3.21. The van der Waals surface area contributed by atoms with Crippen molar-refractivity contribution in [2.24, 2.45) is 0 Å². The molecule has 0 unspecified atom stereocenters. The Balaban J connectivity index is 1.67. The highest BCUT2D eigenvalue weighted by Gasteiger charge is 2.41. The quantitative estimate of drug-likeness (QED) is 0.361. The molecule has 1 heterocycles. The van der Waals surface area contributed by atoms with E-state index in [1.165, 1.54) is 0 Å². The van der Waals surface area contributed by atoms with Gasteiger partial charge in [-0.25, -0.2) is 0 Å². The number of ketones is 1. The summed E-state index contributed by atoms with van der Waals surface area (Å²) in [5.74, 6) is 1.44. The predicted molar refractivity (Wildman–Crippen MR) is 120 cm³/mol. The van der Waals surface area contributed by atoms with Crippen LogP contribution in [0.1, 0.15) is 47.5 Å². The second-order valence-electron chi connectivity index (χ2n) is 8.68. The van der Waals surface area contributed by atoms with E-state index in [9.17, 15) is 15.0 Å². The maximum absolute atomic E-state index is 13.4. The number of carbonyl (C=O) groups excluding carboxylic acids is 1. The summed E-state index contributed by atoms with van der Waals surface area (Å²) in [4.78, 5) is 13.4. The number of ether oxygens (including phenoxy) is 2. The largest absolute Gasteiger partial charge is 0.493 e. The Labute approximate surface area is 191 Å². The zero-order valence-corrected chi connectivity index (χ0v) is 18.6. The van der Waals surface area contributed by atoms with E-state index in [4.69, 9.17) is 24.1 Å². The van der Waals surface area contributed by atoms with Crippen LogP contribution >= 0.6 is 0 Å². The number of aliphatic hydroxyl groups is 4. The van der Waals surface area contributed by atoms with Crippen molar-refractivity contribution in [1.29, 1.82) is 0 Å². The number of benzene rings is 2. The van der Waals surface area contributed by atoms with Crippen LogP contribution < -0.4 is 9.47 Å². The summed E-state index contributed by atoms with van der Waals surface area (Å²) in [6.07, 6.45) is -2.01. The van der Waals surface area contributed by atoms with Gasteiger partial charge in [-0.15, -0.1) is 0 Å². The lowest BCUT2D eigenvalue weighted by molar-refractivity contribution is -0.0339. The van der Waals surface area contributed by atoms with Gasteiger partial charge in [0.05, 0.1) is 18.8 Å². The van der Waals surface area contributed by atoms with Crippen LogP contribution in [0.5, 0.6) is 11.5 Å². The minimum Gasteiger partial charge on any atom is -0.493 e. The van der Waals surface area contributed by atoms with E-state index in [-0.39, 0.29) is 19.0 Å². The van der Waals surface area contributed by atoms with E-state index < -0.39 is 24.2 Å². The third kappa shape index (κ3) is 4.22. The van der Waals surface area contributed by atoms with Gasteiger partial charge < -0.3 is 34.3 Å². The first kappa shape index (κ1) is 23.3. The van der Waals surface area contributed by atoms with Crippen LogP contribution in [-0.2, 0) is 5.41 Å². The van der Waals surface area contributed by atoms with Crippen LogP contribution in [0, 0.1) is 0 Å². The molecule has 4 N–H and O–H groups in total. The van der Waals surface area contributed by atoms with Gasteiger partial charge in [-0.1, -0.05) is 0 Å². The topological polar surface area (TPSA) is 130 Å². The van der Waals surface area contributed by atoms with Crippen molar-refractivity contribution >= 4 is 16.8 Å². The van der Waals surface area contributed by atoms with Crippen molar-refractivity contribution in [3.05, 3.63) is 58.8 Å². The molecule has 1 aromatic heterocycles. The van der Waals surface area contributed by atoms with Gasteiger partial charge in [-0.2, -0.15) is 0 Å². The third-order valence-electron chi connectivity index (χ3n) is 5.99. The maximum Gasteiger partial charge on any atom is 0.197 e. The summed E-state index contributed by atoms with van der Waals surface area (Å²) >= 11 is 0. The number of fused-ring (bicyclic) bond motifs is 4. The molecule has 0 amide bonds. The second kappa shape index (κ2) is 9.15. The van der Waals surface area contributed by atoms with Crippen LogP contribution in [0.15, 0.2) is 40.8 Å². The fourth-order valence-electron chi connectivity index (χ4n) is 4.09. The lowest BCUT2D eigenvalue weighted by Gasteiger charge is -2.31. The zero-order chi connectivity index (χ0) is 23.8. The fraction of sp³-hybridized carbons (Fsp3) is 0.400. The first-order valence-electron chi connectivity index (χ1n) is 10.9. The molecule has 0 aliphatic heterocycles. The molecule has 1 aliphatic rings. The number of hydrogen-bond donors (Lipinski definition) is 4. The molecule has 2 atom stereocenters. The Morgan fingerprint density at radius 1 is 1.00 bits per heavy atom. The molecule has 2 aromatic carbocycles. The number of hydrogen-bond acceptors (Lipinski definition) is 8. The summed E-state index contributed by atoms with van der Waals surface area (Å²) in [6, 6.07) is 10.4. The van der Waals surface area contributed by atoms with Crippen molar-refractivity contribution < 1.29 is 39.1 Å². The molecule has 4 rings (SSSR count).